The minimum absolute atomic E-state index is 0.592. The van der Waals surface area contributed by atoms with Crippen molar-refractivity contribution in [1.82, 2.24) is 40.0 Å². The average molecular weight is 386 g/mol. The predicted octanol–water partition coefficient (Wildman–Crippen LogP) is 3.23. The number of nitrogens with zero attached hydrogens (tertiary/aromatic N) is 8. The lowest BCUT2D eigenvalue weighted by molar-refractivity contribution is 0.701. The Morgan fingerprint density at radius 2 is 1.75 bits per heavy atom. The Bertz CT molecular complexity index is 1260. The summed E-state index contributed by atoms with van der Waals surface area (Å²) >= 11 is 1.41. The van der Waals surface area contributed by atoms with Gasteiger partial charge in [-0.3, -0.25) is 4.57 Å². The van der Waals surface area contributed by atoms with Gasteiger partial charge in [-0.1, -0.05) is 42.5 Å². The van der Waals surface area contributed by atoms with Gasteiger partial charge in [0.05, 0.1) is 5.69 Å². The van der Waals surface area contributed by atoms with Crippen LogP contribution in [0, 0.1) is 6.92 Å². The van der Waals surface area contributed by atoms with Crippen molar-refractivity contribution >= 4 is 17.4 Å². The van der Waals surface area contributed by atoms with E-state index in [9.17, 15) is 0 Å². The summed E-state index contributed by atoms with van der Waals surface area (Å²) in [6.07, 6.45) is 0. The first-order valence-electron chi connectivity index (χ1n) is 8.59. The molecule has 3 heterocycles. The van der Waals surface area contributed by atoms with Crippen molar-refractivity contribution in [3.05, 3.63) is 72.3 Å². The molecule has 3 aromatic heterocycles. The average Bonchev–Trinajstić information content (AvgIpc) is 3.35. The van der Waals surface area contributed by atoms with Crippen LogP contribution in [0.15, 0.2) is 76.9 Å². The van der Waals surface area contributed by atoms with E-state index in [1.807, 2.05) is 59.2 Å². The van der Waals surface area contributed by atoms with Crippen LogP contribution < -0.4 is 0 Å². The van der Waals surface area contributed by atoms with Gasteiger partial charge in [0.1, 0.15) is 5.03 Å². The minimum atomic E-state index is 0.592. The first-order valence-corrected chi connectivity index (χ1v) is 9.41. The molecule has 0 radical (unpaired) electrons. The molecule has 0 N–H and O–H groups in total. The Labute approximate surface area is 164 Å². The van der Waals surface area contributed by atoms with Gasteiger partial charge in [0.15, 0.2) is 11.5 Å². The molecule has 0 unspecified atom stereocenters. The van der Waals surface area contributed by atoms with Gasteiger partial charge in [-0.05, 0) is 58.9 Å². The SMILES string of the molecule is Cc1cccc(-n2c(Sc3ccc4nnnn4n3)nnc2-c2ccccc2)c1. The molecule has 5 rings (SSSR count). The van der Waals surface area contributed by atoms with E-state index < -0.39 is 0 Å². The third kappa shape index (κ3) is 3.01. The van der Waals surface area contributed by atoms with E-state index in [1.54, 1.807) is 0 Å². The zero-order valence-corrected chi connectivity index (χ0v) is 15.7. The van der Waals surface area contributed by atoms with Crippen LogP contribution in [0.1, 0.15) is 5.56 Å². The van der Waals surface area contributed by atoms with Gasteiger partial charge >= 0.3 is 0 Å². The highest BCUT2D eigenvalue weighted by molar-refractivity contribution is 7.99. The fourth-order valence-electron chi connectivity index (χ4n) is 2.89. The van der Waals surface area contributed by atoms with Crippen LogP contribution in [-0.2, 0) is 0 Å². The van der Waals surface area contributed by atoms with E-state index in [4.69, 9.17) is 0 Å². The van der Waals surface area contributed by atoms with E-state index in [2.05, 4.69) is 49.9 Å². The lowest BCUT2D eigenvalue weighted by atomic mass is 10.2. The molecule has 0 amide bonds. The van der Waals surface area contributed by atoms with Crippen molar-refractivity contribution in [2.24, 2.45) is 0 Å². The second kappa shape index (κ2) is 6.86. The van der Waals surface area contributed by atoms with Crippen molar-refractivity contribution in [3.63, 3.8) is 0 Å². The summed E-state index contributed by atoms with van der Waals surface area (Å²) in [6.45, 7) is 2.07. The quantitative estimate of drug-likeness (QED) is 0.469. The van der Waals surface area contributed by atoms with E-state index >= 15 is 0 Å². The molecule has 0 aliphatic heterocycles. The van der Waals surface area contributed by atoms with Gasteiger partial charge < -0.3 is 0 Å². The van der Waals surface area contributed by atoms with E-state index in [0.29, 0.717) is 10.8 Å². The molecule has 136 valence electrons. The Morgan fingerprint density at radius 3 is 2.61 bits per heavy atom. The van der Waals surface area contributed by atoms with Gasteiger partial charge in [0.25, 0.3) is 0 Å². The lowest BCUT2D eigenvalue weighted by Gasteiger charge is -2.11. The number of hydrogen-bond donors (Lipinski definition) is 0. The second-order valence-electron chi connectivity index (χ2n) is 6.15. The highest BCUT2D eigenvalue weighted by Gasteiger charge is 2.17. The van der Waals surface area contributed by atoms with Gasteiger partial charge in [-0.25, -0.2) is 0 Å². The Hall–Kier alpha value is -3.59. The van der Waals surface area contributed by atoms with Crippen LogP contribution in [0.5, 0.6) is 0 Å². The number of fused-ring (bicyclic) bond motifs is 1. The maximum Gasteiger partial charge on any atom is 0.202 e. The third-order valence-electron chi connectivity index (χ3n) is 4.17. The van der Waals surface area contributed by atoms with Crippen LogP contribution in [-0.4, -0.2) is 40.0 Å². The highest BCUT2D eigenvalue weighted by atomic mass is 32.2. The molecule has 9 heteroatoms. The number of tetrazole rings is 1. The summed E-state index contributed by atoms with van der Waals surface area (Å²) in [5.74, 6) is 0.775. The molecular formula is C19H14N8S. The Kier molecular flexibility index (Phi) is 4.06. The van der Waals surface area contributed by atoms with Gasteiger partial charge in [0, 0.05) is 5.56 Å². The summed E-state index contributed by atoms with van der Waals surface area (Å²) in [5.41, 5.74) is 3.74. The fourth-order valence-corrected chi connectivity index (χ4v) is 3.70. The van der Waals surface area contributed by atoms with Crippen LogP contribution in [0.2, 0.25) is 0 Å². The molecule has 0 atom stereocenters. The smallest absolute Gasteiger partial charge is 0.202 e. The molecule has 5 aromatic rings. The summed E-state index contributed by atoms with van der Waals surface area (Å²) in [4.78, 5) is 0. The molecular weight excluding hydrogens is 372 g/mol. The van der Waals surface area contributed by atoms with Crippen LogP contribution in [0.3, 0.4) is 0 Å². The fraction of sp³-hybridized carbons (Fsp3) is 0.0526. The first kappa shape index (κ1) is 16.6. The number of aromatic nitrogens is 8. The van der Waals surface area contributed by atoms with E-state index in [1.165, 1.54) is 16.4 Å². The molecule has 0 spiro atoms. The molecule has 0 fully saturated rings. The number of aryl methyl sites for hydroxylation is 1. The van der Waals surface area contributed by atoms with Crippen molar-refractivity contribution < 1.29 is 0 Å². The normalized spacial score (nSPS) is 11.2. The topological polar surface area (TPSA) is 86.7 Å². The molecule has 0 saturated carbocycles. The van der Waals surface area contributed by atoms with E-state index in [-0.39, 0.29) is 0 Å². The molecule has 8 nitrogen and oxygen atoms in total. The highest BCUT2D eigenvalue weighted by Crippen LogP contribution is 2.31. The monoisotopic (exact) mass is 386 g/mol. The molecule has 0 bridgehead atoms. The van der Waals surface area contributed by atoms with Crippen molar-refractivity contribution in [1.29, 1.82) is 0 Å². The molecule has 2 aromatic carbocycles. The molecule has 0 aliphatic carbocycles. The standard InChI is InChI=1S/C19H14N8S/c1-13-6-5-9-15(12-13)26-18(14-7-3-2-4-8-14)21-22-19(26)28-17-11-10-16-20-24-25-27(16)23-17/h2-12H,1H3. The first-order chi connectivity index (χ1) is 13.8. The maximum absolute atomic E-state index is 4.46. The van der Waals surface area contributed by atoms with Gasteiger partial charge in [0.2, 0.25) is 5.16 Å². The lowest BCUT2D eigenvalue weighted by Crippen LogP contribution is -2.01. The second-order valence-corrected chi connectivity index (χ2v) is 7.13. The summed E-state index contributed by atoms with van der Waals surface area (Å²) < 4.78 is 3.44. The zero-order valence-electron chi connectivity index (χ0n) is 14.8. The Morgan fingerprint density at radius 1 is 0.857 bits per heavy atom. The number of hydrogen-bond acceptors (Lipinski definition) is 7. The largest absolute Gasteiger partial charge is 0.270 e. The minimum Gasteiger partial charge on any atom is -0.270 e. The number of benzene rings is 2. The summed E-state index contributed by atoms with van der Waals surface area (Å²) in [6, 6.07) is 22.0. The van der Waals surface area contributed by atoms with Crippen molar-refractivity contribution in [2.75, 3.05) is 0 Å². The van der Waals surface area contributed by atoms with Gasteiger partial charge in [-0.15, -0.1) is 25.0 Å². The Balaban J connectivity index is 1.64. The van der Waals surface area contributed by atoms with Crippen LogP contribution >= 0.6 is 11.8 Å². The van der Waals surface area contributed by atoms with Crippen LogP contribution in [0.25, 0.3) is 22.7 Å². The van der Waals surface area contributed by atoms with Crippen molar-refractivity contribution in [3.8, 4) is 17.1 Å². The van der Waals surface area contributed by atoms with Crippen LogP contribution in [0.4, 0.5) is 0 Å². The summed E-state index contributed by atoms with van der Waals surface area (Å²) in [5, 5.41) is 26.1. The molecule has 28 heavy (non-hydrogen) atoms. The predicted molar refractivity (Wildman–Crippen MR) is 104 cm³/mol. The number of rotatable bonds is 4. The summed E-state index contributed by atoms with van der Waals surface area (Å²) in [7, 11) is 0. The molecule has 0 saturated heterocycles. The molecule has 0 aliphatic rings. The van der Waals surface area contributed by atoms with E-state index in [0.717, 1.165) is 27.7 Å². The third-order valence-corrected chi connectivity index (χ3v) is 5.04. The zero-order chi connectivity index (χ0) is 18.9. The van der Waals surface area contributed by atoms with Gasteiger partial charge in [-0.2, -0.15) is 0 Å². The maximum atomic E-state index is 4.46. The van der Waals surface area contributed by atoms with Crippen molar-refractivity contribution in [2.45, 2.75) is 17.1 Å².